The Bertz CT molecular complexity index is 754. The second kappa shape index (κ2) is 5.71. The largest absolute Gasteiger partial charge is 0.479 e. The van der Waals surface area contributed by atoms with Crippen molar-refractivity contribution in [3.8, 4) is 16.3 Å². The molecule has 8 heteroatoms. The van der Waals surface area contributed by atoms with Crippen LogP contribution in [-0.4, -0.2) is 14.9 Å². The molecule has 0 aliphatic carbocycles. The van der Waals surface area contributed by atoms with Crippen LogP contribution >= 0.6 is 11.3 Å². The molecule has 0 radical (unpaired) electrons. The molecule has 3 aromatic heterocycles. The summed E-state index contributed by atoms with van der Waals surface area (Å²) >= 11 is 1.45. The summed E-state index contributed by atoms with van der Waals surface area (Å²) in [6, 6.07) is 4.91. The topological polar surface area (TPSA) is 91.3 Å². The van der Waals surface area contributed by atoms with Gasteiger partial charge in [0.2, 0.25) is 5.75 Å². The average molecular weight is 303 g/mol. The molecule has 106 valence electrons. The molecule has 21 heavy (non-hydrogen) atoms. The van der Waals surface area contributed by atoms with E-state index in [0.717, 1.165) is 10.6 Å². The van der Waals surface area contributed by atoms with Gasteiger partial charge in [-0.25, -0.2) is 4.98 Å². The fourth-order valence-electron chi connectivity index (χ4n) is 1.68. The third-order valence-corrected chi connectivity index (χ3v) is 3.56. The summed E-state index contributed by atoms with van der Waals surface area (Å²) in [5.74, 6) is -0.178. The lowest BCUT2D eigenvalue weighted by atomic mass is 10.3. The van der Waals surface area contributed by atoms with Crippen molar-refractivity contribution in [1.82, 2.24) is 9.97 Å². The maximum absolute atomic E-state index is 10.8. The molecule has 0 saturated heterocycles. The molecular formula is C13H9N3O4S. The van der Waals surface area contributed by atoms with E-state index in [-0.39, 0.29) is 18.2 Å². The van der Waals surface area contributed by atoms with Crippen molar-refractivity contribution in [2.45, 2.75) is 6.61 Å². The number of thiazole rings is 1. The minimum atomic E-state index is -0.576. The van der Waals surface area contributed by atoms with Crippen LogP contribution in [0.5, 0.6) is 5.75 Å². The maximum atomic E-state index is 10.8. The molecule has 0 unspecified atom stereocenters. The van der Waals surface area contributed by atoms with E-state index in [1.165, 1.54) is 23.6 Å². The summed E-state index contributed by atoms with van der Waals surface area (Å²) in [5, 5.41) is 13.5. The molecule has 0 N–H and O–H groups in total. The van der Waals surface area contributed by atoms with Crippen molar-refractivity contribution in [1.29, 1.82) is 0 Å². The van der Waals surface area contributed by atoms with E-state index in [9.17, 15) is 10.1 Å². The fraction of sp³-hybridized carbons (Fsp3) is 0.0769. The SMILES string of the molecule is O=[N+]([O-])c1ncccc1OCc1csc(-c2ccoc2)n1. The Morgan fingerprint density at radius 1 is 1.43 bits per heavy atom. The third-order valence-electron chi connectivity index (χ3n) is 2.62. The number of furan rings is 1. The first-order valence-corrected chi connectivity index (χ1v) is 6.81. The first-order valence-electron chi connectivity index (χ1n) is 5.93. The normalized spacial score (nSPS) is 10.5. The van der Waals surface area contributed by atoms with Crippen molar-refractivity contribution in [3.05, 3.63) is 58.1 Å². The van der Waals surface area contributed by atoms with E-state index in [1.54, 1.807) is 18.6 Å². The van der Waals surface area contributed by atoms with Gasteiger partial charge in [-0.1, -0.05) is 0 Å². The lowest BCUT2D eigenvalue weighted by Crippen LogP contribution is -2.00. The van der Waals surface area contributed by atoms with E-state index >= 15 is 0 Å². The minimum Gasteiger partial charge on any atom is -0.479 e. The van der Waals surface area contributed by atoms with Gasteiger partial charge in [0.05, 0.1) is 12.0 Å². The zero-order valence-corrected chi connectivity index (χ0v) is 11.4. The number of hydrogen-bond acceptors (Lipinski definition) is 7. The smallest absolute Gasteiger partial charge is 0.406 e. The highest BCUT2D eigenvalue weighted by molar-refractivity contribution is 7.13. The summed E-state index contributed by atoms with van der Waals surface area (Å²) < 4.78 is 10.4. The molecule has 0 spiro atoms. The van der Waals surface area contributed by atoms with Gasteiger partial charge in [-0.05, 0) is 28.1 Å². The Kier molecular flexibility index (Phi) is 3.61. The quantitative estimate of drug-likeness (QED) is 0.530. The van der Waals surface area contributed by atoms with Crippen molar-refractivity contribution >= 4 is 17.2 Å². The van der Waals surface area contributed by atoms with Gasteiger partial charge in [0.1, 0.15) is 24.1 Å². The van der Waals surface area contributed by atoms with E-state index in [4.69, 9.17) is 9.15 Å². The van der Waals surface area contributed by atoms with Crippen LogP contribution in [-0.2, 0) is 6.61 Å². The number of ether oxygens (including phenoxy) is 1. The molecule has 0 bridgehead atoms. The van der Waals surface area contributed by atoms with Gasteiger partial charge in [-0.15, -0.1) is 11.3 Å². The van der Waals surface area contributed by atoms with Crippen molar-refractivity contribution in [3.63, 3.8) is 0 Å². The molecule has 0 aliphatic heterocycles. The van der Waals surface area contributed by atoms with E-state index in [2.05, 4.69) is 9.97 Å². The number of aromatic nitrogens is 2. The lowest BCUT2D eigenvalue weighted by Gasteiger charge is -2.03. The molecule has 3 aromatic rings. The molecule has 3 rings (SSSR count). The maximum Gasteiger partial charge on any atom is 0.406 e. The highest BCUT2D eigenvalue weighted by atomic mass is 32.1. The zero-order chi connectivity index (χ0) is 14.7. The Hall–Kier alpha value is -2.74. The van der Waals surface area contributed by atoms with Gasteiger partial charge in [-0.2, -0.15) is 0 Å². The van der Waals surface area contributed by atoms with E-state index < -0.39 is 4.92 Å². The first-order chi connectivity index (χ1) is 10.2. The van der Waals surface area contributed by atoms with Crippen LogP contribution in [0.1, 0.15) is 5.69 Å². The van der Waals surface area contributed by atoms with Gasteiger partial charge >= 0.3 is 5.82 Å². The lowest BCUT2D eigenvalue weighted by molar-refractivity contribution is -0.390. The van der Waals surface area contributed by atoms with Gasteiger partial charge in [0.25, 0.3) is 0 Å². The second-order valence-electron chi connectivity index (χ2n) is 4.03. The van der Waals surface area contributed by atoms with Gasteiger partial charge in [0, 0.05) is 10.9 Å². The number of nitro groups is 1. The molecule has 7 nitrogen and oxygen atoms in total. The molecule has 0 saturated carbocycles. The van der Waals surface area contributed by atoms with Crippen LogP contribution in [0.25, 0.3) is 10.6 Å². The standard InChI is InChI=1S/C13H9N3O4S/c17-16(18)12-11(2-1-4-14-12)20-7-10-8-21-13(15-10)9-3-5-19-6-9/h1-6,8H,7H2. The monoisotopic (exact) mass is 303 g/mol. The Morgan fingerprint density at radius 2 is 2.33 bits per heavy atom. The predicted molar refractivity (Wildman–Crippen MR) is 75.0 cm³/mol. The van der Waals surface area contributed by atoms with Gasteiger partial charge < -0.3 is 19.3 Å². The van der Waals surface area contributed by atoms with E-state index in [1.807, 2.05) is 11.4 Å². The van der Waals surface area contributed by atoms with Crippen LogP contribution < -0.4 is 4.74 Å². The van der Waals surface area contributed by atoms with Crippen LogP contribution in [0, 0.1) is 10.1 Å². The number of rotatable bonds is 5. The fourth-order valence-corrected chi connectivity index (χ4v) is 2.47. The number of nitrogens with zero attached hydrogens (tertiary/aromatic N) is 3. The van der Waals surface area contributed by atoms with Crippen molar-refractivity contribution in [2.24, 2.45) is 0 Å². The van der Waals surface area contributed by atoms with Crippen molar-refractivity contribution in [2.75, 3.05) is 0 Å². The second-order valence-corrected chi connectivity index (χ2v) is 4.89. The summed E-state index contributed by atoms with van der Waals surface area (Å²) in [6.07, 6.45) is 4.53. The van der Waals surface area contributed by atoms with Crippen molar-refractivity contribution < 1.29 is 14.1 Å². The van der Waals surface area contributed by atoms with Crippen LogP contribution in [0.4, 0.5) is 5.82 Å². The molecule has 3 heterocycles. The van der Waals surface area contributed by atoms with Crippen LogP contribution in [0.3, 0.4) is 0 Å². The van der Waals surface area contributed by atoms with Gasteiger partial charge in [-0.3, -0.25) is 0 Å². The average Bonchev–Trinajstić information content (AvgIpc) is 3.16. The molecule has 0 fully saturated rings. The highest BCUT2D eigenvalue weighted by Gasteiger charge is 2.16. The minimum absolute atomic E-state index is 0.125. The molecule has 0 aromatic carbocycles. The van der Waals surface area contributed by atoms with Crippen LogP contribution in [0.2, 0.25) is 0 Å². The summed E-state index contributed by atoms with van der Waals surface area (Å²) in [5.41, 5.74) is 1.58. The Morgan fingerprint density at radius 3 is 3.10 bits per heavy atom. The first kappa shape index (κ1) is 13.3. The predicted octanol–water partition coefficient (Wildman–Crippen LogP) is 3.29. The number of hydrogen-bond donors (Lipinski definition) is 0. The summed E-state index contributed by atoms with van der Waals surface area (Å²) in [6.45, 7) is 0.140. The zero-order valence-electron chi connectivity index (χ0n) is 10.6. The van der Waals surface area contributed by atoms with E-state index in [0.29, 0.717) is 5.69 Å². The molecule has 0 amide bonds. The van der Waals surface area contributed by atoms with Gasteiger partial charge in [0.15, 0.2) is 0 Å². The molecule has 0 atom stereocenters. The van der Waals surface area contributed by atoms with Crippen LogP contribution in [0.15, 0.2) is 46.7 Å². The molecular weight excluding hydrogens is 294 g/mol. The Balaban J connectivity index is 1.73. The highest BCUT2D eigenvalue weighted by Crippen LogP contribution is 2.26. The molecule has 0 aliphatic rings. The number of pyridine rings is 1. The summed E-state index contributed by atoms with van der Waals surface area (Å²) in [4.78, 5) is 18.3. The Labute approximate surface area is 123 Å². The third kappa shape index (κ3) is 2.90. The summed E-state index contributed by atoms with van der Waals surface area (Å²) in [7, 11) is 0.